The Balaban J connectivity index is 2.78. The summed E-state index contributed by atoms with van der Waals surface area (Å²) in [6, 6.07) is 0. The molecule has 0 radical (unpaired) electrons. The van der Waals surface area contributed by atoms with Crippen LogP contribution in [0.4, 0.5) is 0 Å². The Hall–Kier alpha value is -1.06. The third kappa shape index (κ3) is 2.05. The SMILES string of the molecule is CCC1(CC)CCC(=O)OCOC1=O. The van der Waals surface area contributed by atoms with E-state index in [1.165, 1.54) is 0 Å². The van der Waals surface area contributed by atoms with Crippen LogP contribution in [-0.2, 0) is 19.1 Å². The van der Waals surface area contributed by atoms with Gasteiger partial charge >= 0.3 is 11.9 Å². The molecule has 0 amide bonds. The zero-order chi connectivity index (χ0) is 10.6. The van der Waals surface area contributed by atoms with E-state index in [2.05, 4.69) is 4.74 Å². The molecule has 4 heteroatoms. The lowest BCUT2D eigenvalue weighted by Gasteiger charge is -2.30. The number of hydrogen-bond donors (Lipinski definition) is 0. The van der Waals surface area contributed by atoms with Crippen LogP contribution in [0.15, 0.2) is 0 Å². The van der Waals surface area contributed by atoms with Crippen molar-refractivity contribution < 1.29 is 19.1 Å². The highest BCUT2D eigenvalue weighted by atomic mass is 16.7. The first kappa shape index (κ1) is 11.0. The molecule has 1 heterocycles. The molecule has 80 valence electrons. The summed E-state index contributed by atoms with van der Waals surface area (Å²) < 4.78 is 9.52. The number of carbonyl (C=O) groups excluding carboxylic acids is 2. The van der Waals surface area contributed by atoms with E-state index in [1.54, 1.807) is 0 Å². The van der Waals surface area contributed by atoms with Crippen molar-refractivity contribution >= 4 is 11.9 Å². The fourth-order valence-electron chi connectivity index (χ4n) is 1.71. The van der Waals surface area contributed by atoms with Crippen molar-refractivity contribution in [2.45, 2.75) is 39.5 Å². The topological polar surface area (TPSA) is 52.6 Å². The molecule has 1 fully saturated rings. The molecule has 0 unspecified atom stereocenters. The largest absolute Gasteiger partial charge is 0.428 e. The molecule has 0 aromatic carbocycles. The van der Waals surface area contributed by atoms with Gasteiger partial charge in [0.05, 0.1) is 5.41 Å². The number of hydrogen-bond acceptors (Lipinski definition) is 4. The van der Waals surface area contributed by atoms with Gasteiger partial charge in [-0.15, -0.1) is 0 Å². The molecule has 1 aliphatic heterocycles. The van der Waals surface area contributed by atoms with Crippen molar-refractivity contribution in [2.75, 3.05) is 6.79 Å². The molecule has 0 spiro atoms. The molecule has 0 aliphatic carbocycles. The molecular weight excluding hydrogens is 184 g/mol. The second kappa shape index (κ2) is 4.44. The van der Waals surface area contributed by atoms with Crippen LogP contribution in [0.2, 0.25) is 0 Å². The maximum Gasteiger partial charge on any atom is 0.314 e. The third-order valence-corrected chi connectivity index (χ3v) is 3.00. The highest BCUT2D eigenvalue weighted by Crippen LogP contribution is 2.34. The van der Waals surface area contributed by atoms with Crippen LogP contribution < -0.4 is 0 Å². The van der Waals surface area contributed by atoms with E-state index in [4.69, 9.17) is 4.74 Å². The lowest BCUT2D eigenvalue weighted by Crippen LogP contribution is -2.35. The Labute approximate surface area is 83.6 Å². The summed E-state index contributed by atoms with van der Waals surface area (Å²) in [5.74, 6) is -0.529. The van der Waals surface area contributed by atoms with Gasteiger partial charge in [-0.05, 0) is 19.3 Å². The van der Waals surface area contributed by atoms with Crippen LogP contribution in [0.25, 0.3) is 0 Å². The van der Waals surface area contributed by atoms with Gasteiger partial charge in [0.1, 0.15) is 0 Å². The van der Waals surface area contributed by atoms with Crippen LogP contribution in [0.1, 0.15) is 39.5 Å². The Kier molecular flexibility index (Phi) is 3.49. The predicted octanol–water partition coefficient (Wildman–Crippen LogP) is 1.63. The monoisotopic (exact) mass is 200 g/mol. The Morgan fingerprint density at radius 1 is 1.21 bits per heavy atom. The maximum absolute atomic E-state index is 11.6. The highest BCUT2D eigenvalue weighted by molar-refractivity contribution is 5.79. The smallest absolute Gasteiger partial charge is 0.314 e. The molecule has 1 saturated heterocycles. The lowest BCUT2D eigenvalue weighted by atomic mass is 9.78. The highest BCUT2D eigenvalue weighted by Gasteiger charge is 2.38. The van der Waals surface area contributed by atoms with Gasteiger partial charge in [0.15, 0.2) is 0 Å². The van der Waals surface area contributed by atoms with Gasteiger partial charge in [0.25, 0.3) is 0 Å². The van der Waals surface area contributed by atoms with E-state index in [-0.39, 0.29) is 18.7 Å². The molecule has 0 saturated carbocycles. The minimum absolute atomic E-state index is 0.237. The summed E-state index contributed by atoms with van der Waals surface area (Å²) in [5.41, 5.74) is -0.487. The molecule has 14 heavy (non-hydrogen) atoms. The van der Waals surface area contributed by atoms with Crippen LogP contribution in [0, 0.1) is 5.41 Å². The summed E-state index contributed by atoms with van der Waals surface area (Å²) >= 11 is 0. The maximum atomic E-state index is 11.6. The first-order valence-corrected chi connectivity index (χ1v) is 4.97. The fraction of sp³-hybridized carbons (Fsp3) is 0.800. The van der Waals surface area contributed by atoms with Gasteiger partial charge in [0.2, 0.25) is 6.79 Å². The van der Waals surface area contributed by atoms with Crippen molar-refractivity contribution in [2.24, 2.45) is 5.41 Å². The van der Waals surface area contributed by atoms with E-state index in [0.29, 0.717) is 25.7 Å². The third-order valence-electron chi connectivity index (χ3n) is 3.00. The minimum Gasteiger partial charge on any atom is -0.428 e. The Morgan fingerprint density at radius 2 is 1.86 bits per heavy atom. The molecule has 1 rings (SSSR count). The Bertz CT molecular complexity index is 230. The van der Waals surface area contributed by atoms with Crippen LogP contribution in [-0.4, -0.2) is 18.7 Å². The molecule has 0 N–H and O–H groups in total. The van der Waals surface area contributed by atoms with Gasteiger partial charge < -0.3 is 9.47 Å². The zero-order valence-electron chi connectivity index (χ0n) is 8.67. The molecule has 0 aromatic rings. The quantitative estimate of drug-likeness (QED) is 0.636. The van der Waals surface area contributed by atoms with Crippen molar-refractivity contribution in [3.63, 3.8) is 0 Å². The normalized spacial score (nSPS) is 21.9. The molecule has 1 aliphatic rings. The number of rotatable bonds is 2. The average Bonchev–Trinajstić information content (AvgIpc) is 2.18. The molecule has 0 atom stereocenters. The van der Waals surface area contributed by atoms with E-state index in [9.17, 15) is 9.59 Å². The standard InChI is InChI=1S/C10H16O4/c1-3-10(4-2)6-5-8(11)13-7-14-9(10)12/h3-7H2,1-2H3. The number of carbonyl (C=O) groups is 2. The van der Waals surface area contributed by atoms with Crippen molar-refractivity contribution in [3.05, 3.63) is 0 Å². The van der Waals surface area contributed by atoms with Crippen molar-refractivity contribution in [1.29, 1.82) is 0 Å². The molecule has 0 aromatic heterocycles. The average molecular weight is 200 g/mol. The number of cyclic esters (lactones) is 2. The van der Waals surface area contributed by atoms with Gasteiger partial charge in [0, 0.05) is 6.42 Å². The predicted molar refractivity (Wildman–Crippen MR) is 49.3 cm³/mol. The van der Waals surface area contributed by atoms with Crippen LogP contribution in [0.3, 0.4) is 0 Å². The fourth-order valence-corrected chi connectivity index (χ4v) is 1.71. The van der Waals surface area contributed by atoms with Gasteiger partial charge in [-0.25, -0.2) is 0 Å². The van der Waals surface area contributed by atoms with Gasteiger partial charge in [-0.1, -0.05) is 13.8 Å². The van der Waals surface area contributed by atoms with E-state index in [0.717, 1.165) is 0 Å². The molecular formula is C10H16O4. The van der Waals surface area contributed by atoms with E-state index >= 15 is 0 Å². The first-order valence-electron chi connectivity index (χ1n) is 4.97. The first-order chi connectivity index (χ1) is 6.64. The molecule has 4 nitrogen and oxygen atoms in total. The minimum atomic E-state index is -0.487. The van der Waals surface area contributed by atoms with Crippen LogP contribution >= 0.6 is 0 Å². The van der Waals surface area contributed by atoms with Crippen LogP contribution in [0.5, 0.6) is 0 Å². The number of esters is 2. The molecule has 0 bridgehead atoms. The summed E-state index contributed by atoms with van der Waals surface area (Å²) in [6.45, 7) is 3.65. The zero-order valence-corrected chi connectivity index (χ0v) is 8.67. The lowest BCUT2D eigenvalue weighted by molar-refractivity contribution is -0.181. The van der Waals surface area contributed by atoms with Gasteiger partial charge in [-0.3, -0.25) is 9.59 Å². The summed E-state index contributed by atoms with van der Waals surface area (Å²) in [5, 5.41) is 0. The van der Waals surface area contributed by atoms with E-state index in [1.807, 2.05) is 13.8 Å². The second-order valence-electron chi connectivity index (χ2n) is 3.55. The summed E-state index contributed by atoms with van der Waals surface area (Å²) in [6.07, 6.45) is 2.24. The van der Waals surface area contributed by atoms with Crippen molar-refractivity contribution in [3.8, 4) is 0 Å². The summed E-state index contributed by atoms with van der Waals surface area (Å²) in [7, 11) is 0. The number of ether oxygens (including phenoxy) is 2. The summed E-state index contributed by atoms with van der Waals surface area (Å²) in [4.78, 5) is 22.7. The Morgan fingerprint density at radius 3 is 2.43 bits per heavy atom. The second-order valence-corrected chi connectivity index (χ2v) is 3.55. The van der Waals surface area contributed by atoms with E-state index < -0.39 is 5.41 Å². The van der Waals surface area contributed by atoms with Crippen molar-refractivity contribution in [1.82, 2.24) is 0 Å². The van der Waals surface area contributed by atoms with Gasteiger partial charge in [-0.2, -0.15) is 0 Å².